The maximum absolute atomic E-state index is 13.1. The number of rotatable bonds is 5. The van der Waals surface area contributed by atoms with E-state index in [0.717, 1.165) is 16.9 Å². The van der Waals surface area contributed by atoms with Gasteiger partial charge in [-0.25, -0.2) is 9.59 Å². The fourth-order valence-corrected chi connectivity index (χ4v) is 4.93. The molecule has 0 radical (unpaired) electrons. The fourth-order valence-electron chi connectivity index (χ4n) is 4.93. The van der Waals surface area contributed by atoms with Gasteiger partial charge in [0.15, 0.2) is 0 Å². The number of nitrogens with zero attached hydrogens (tertiary/aromatic N) is 1. The van der Waals surface area contributed by atoms with E-state index in [1.54, 1.807) is 24.3 Å². The summed E-state index contributed by atoms with van der Waals surface area (Å²) in [5.41, 5.74) is 0.228. The lowest BCUT2D eigenvalue weighted by Gasteiger charge is -2.43. The number of imide groups is 1. The second-order valence-electron chi connectivity index (χ2n) is 9.22. The summed E-state index contributed by atoms with van der Waals surface area (Å²) < 4.78 is 4.65. The minimum atomic E-state index is -0.914. The molecule has 1 aromatic rings. The van der Waals surface area contributed by atoms with E-state index >= 15 is 0 Å². The molecule has 2 aliphatic rings. The molecule has 8 nitrogen and oxygen atoms in total. The van der Waals surface area contributed by atoms with Crippen LogP contribution in [-0.4, -0.2) is 47.9 Å². The number of hydrogen-bond donors (Lipinski definition) is 2. The molecule has 0 unspecified atom stereocenters. The third-order valence-corrected chi connectivity index (χ3v) is 5.79. The Morgan fingerprint density at radius 1 is 1.20 bits per heavy atom. The van der Waals surface area contributed by atoms with Gasteiger partial charge in [-0.1, -0.05) is 32.9 Å². The topological polar surface area (TPSA) is 105 Å². The number of methoxy groups -OCH3 is 1. The highest BCUT2D eigenvalue weighted by Gasteiger charge is 2.56. The quantitative estimate of drug-likeness (QED) is 0.567. The number of carbonyl (C=O) groups excluding carboxylic acids is 4. The van der Waals surface area contributed by atoms with E-state index in [1.807, 2.05) is 0 Å². The van der Waals surface area contributed by atoms with Gasteiger partial charge in [-0.3, -0.25) is 14.5 Å². The van der Waals surface area contributed by atoms with Gasteiger partial charge in [-0.15, -0.1) is 0 Å². The van der Waals surface area contributed by atoms with Crippen molar-refractivity contribution in [1.82, 2.24) is 15.5 Å². The molecule has 8 heteroatoms. The van der Waals surface area contributed by atoms with Crippen LogP contribution in [0.2, 0.25) is 0 Å². The Hall–Kier alpha value is -2.90. The monoisotopic (exact) mass is 415 g/mol. The predicted octanol–water partition coefficient (Wildman–Crippen LogP) is 2.23. The van der Waals surface area contributed by atoms with Gasteiger partial charge in [-0.05, 0) is 48.3 Å². The van der Waals surface area contributed by atoms with Gasteiger partial charge in [0.05, 0.1) is 12.7 Å². The van der Waals surface area contributed by atoms with Gasteiger partial charge in [0, 0.05) is 6.54 Å². The molecule has 162 valence electrons. The van der Waals surface area contributed by atoms with E-state index in [1.165, 1.54) is 7.11 Å². The first-order chi connectivity index (χ1) is 14.0. The molecule has 2 fully saturated rings. The number of carbonyl (C=O) groups is 4. The third-order valence-electron chi connectivity index (χ3n) is 5.79. The molecule has 1 saturated carbocycles. The van der Waals surface area contributed by atoms with Gasteiger partial charge in [0.1, 0.15) is 12.1 Å². The van der Waals surface area contributed by atoms with Crippen molar-refractivity contribution in [3.63, 3.8) is 0 Å². The van der Waals surface area contributed by atoms with E-state index in [-0.39, 0.29) is 24.4 Å². The second kappa shape index (κ2) is 8.08. The Bertz CT molecular complexity index is 864. The summed E-state index contributed by atoms with van der Waals surface area (Å²) in [5, 5.41) is 5.59. The van der Waals surface area contributed by atoms with Crippen LogP contribution < -0.4 is 10.6 Å². The maximum Gasteiger partial charge on any atom is 0.337 e. The molecule has 2 N–H and O–H groups in total. The SMILES string of the molecule is COC(=O)c1ccc(CNC(=O)CN2C(=O)N[C@@]3(C[C@@H](C)CC(C)(C)C3)C2=O)cc1. The van der Waals surface area contributed by atoms with Gasteiger partial charge in [0.25, 0.3) is 5.91 Å². The van der Waals surface area contributed by atoms with E-state index in [0.29, 0.717) is 24.3 Å². The van der Waals surface area contributed by atoms with E-state index in [4.69, 9.17) is 0 Å². The molecule has 2 atom stereocenters. The number of nitrogens with one attached hydrogen (secondary N) is 2. The lowest BCUT2D eigenvalue weighted by Crippen LogP contribution is -2.54. The molecule has 1 aliphatic carbocycles. The van der Waals surface area contributed by atoms with Crippen LogP contribution in [0, 0.1) is 11.3 Å². The van der Waals surface area contributed by atoms with Crippen LogP contribution in [0.3, 0.4) is 0 Å². The van der Waals surface area contributed by atoms with E-state index in [9.17, 15) is 19.2 Å². The smallest absolute Gasteiger partial charge is 0.337 e. The zero-order valence-electron chi connectivity index (χ0n) is 17.9. The van der Waals surface area contributed by atoms with Crippen molar-refractivity contribution < 1.29 is 23.9 Å². The molecular weight excluding hydrogens is 386 g/mol. The summed E-state index contributed by atoms with van der Waals surface area (Å²) in [5.74, 6) is -0.863. The van der Waals surface area contributed by atoms with Gasteiger partial charge >= 0.3 is 12.0 Å². The van der Waals surface area contributed by atoms with Crippen molar-refractivity contribution in [3.8, 4) is 0 Å². The molecule has 0 bridgehead atoms. The highest BCUT2D eigenvalue weighted by molar-refractivity contribution is 6.09. The van der Waals surface area contributed by atoms with Crippen molar-refractivity contribution in [2.24, 2.45) is 11.3 Å². The zero-order chi connectivity index (χ0) is 22.1. The van der Waals surface area contributed by atoms with Crippen LogP contribution in [0.1, 0.15) is 56.0 Å². The summed E-state index contributed by atoms with van der Waals surface area (Å²) in [6, 6.07) is 6.13. The molecule has 3 rings (SSSR count). The van der Waals surface area contributed by atoms with Crippen molar-refractivity contribution in [2.45, 2.75) is 52.1 Å². The van der Waals surface area contributed by atoms with Crippen molar-refractivity contribution >= 4 is 23.8 Å². The lowest BCUT2D eigenvalue weighted by molar-refractivity contribution is -0.137. The molecular formula is C22H29N3O5. The van der Waals surface area contributed by atoms with Crippen LogP contribution in [0.15, 0.2) is 24.3 Å². The Balaban J connectivity index is 1.59. The highest BCUT2D eigenvalue weighted by Crippen LogP contribution is 2.46. The third kappa shape index (κ3) is 4.47. The highest BCUT2D eigenvalue weighted by atomic mass is 16.5. The second-order valence-corrected chi connectivity index (χ2v) is 9.22. The van der Waals surface area contributed by atoms with Crippen LogP contribution >= 0.6 is 0 Å². The molecule has 1 aliphatic heterocycles. The summed E-state index contributed by atoms with van der Waals surface area (Å²) in [4.78, 5) is 50.4. The largest absolute Gasteiger partial charge is 0.465 e. The predicted molar refractivity (Wildman–Crippen MR) is 109 cm³/mol. The molecule has 4 amide bonds. The average molecular weight is 415 g/mol. The summed E-state index contributed by atoms with van der Waals surface area (Å²) in [6.07, 6.45) is 2.15. The minimum absolute atomic E-state index is 0.0603. The Labute approximate surface area is 176 Å². The fraction of sp³-hybridized carbons (Fsp3) is 0.545. The molecule has 1 aromatic carbocycles. The number of amides is 4. The first-order valence-corrected chi connectivity index (χ1v) is 10.1. The maximum atomic E-state index is 13.1. The van der Waals surface area contributed by atoms with Crippen molar-refractivity contribution in [2.75, 3.05) is 13.7 Å². The van der Waals surface area contributed by atoms with Gasteiger partial charge in [-0.2, -0.15) is 0 Å². The number of hydrogen-bond acceptors (Lipinski definition) is 5. The Morgan fingerprint density at radius 2 is 1.87 bits per heavy atom. The summed E-state index contributed by atoms with van der Waals surface area (Å²) in [6.45, 7) is 6.19. The van der Waals surface area contributed by atoms with E-state index in [2.05, 4.69) is 36.1 Å². The number of benzene rings is 1. The van der Waals surface area contributed by atoms with Gasteiger partial charge < -0.3 is 15.4 Å². The molecule has 0 aromatic heterocycles. The zero-order valence-corrected chi connectivity index (χ0v) is 17.9. The van der Waals surface area contributed by atoms with Crippen molar-refractivity contribution in [1.29, 1.82) is 0 Å². The molecule has 30 heavy (non-hydrogen) atoms. The van der Waals surface area contributed by atoms with Crippen LogP contribution in [0.4, 0.5) is 4.79 Å². The molecule has 1 heterocycles. The number of esters is 1. The summed E-state index contributed by atoms with van der Waals surface area (Å²) in [7, 11) is 1.31. The lowest BCUT2D eigenvalue weighted by atomic mass is 9.64. The summed E-state index contributed by atoms with van der Waals surface area (Å²) >= 11 is 0. The Kier molecular flexibility index (Phi) is 5.87. The number of urea groups is 1. The molecule has 1 spiro atoms. The van der Waals surface area contributed by atoms with E-state index < -0.39 is 23.4 Å². The standard InChI is InChI=1S/C22H29N3O5/c1-14-9-21(2,3)13-22(10-14)19(28)25(20(29)24-22)12-17(26)23-11-15-5-7-16(8-6-15)18(27)30-4/h5-8,14H,9-13H2,1-4H3,(H,23,26)(H,24,29)/t14-,22+/m0/s1. The van der Waals surface area contributed by atoms with Crippen LogP contribution in [0.5, 0.6) is 0 Å². The van der Waals surface area contributed by atoms with Crippen LogP contribution in [-0.2, 0) is 20.9 Å². The van der Waals surface area contributed by atoms with Crippen LogP contribution in [0.25, 0.3) is 0 Å². The normalized spacial score (nSPS) is 25.2. The Morgan fingerprint density at radius 3 is 2.47 bits per heavy atom. The average Bonchev–Trinajstić information content (AvgIpc) is 2.87. The first-order valence-electron chi connectivity index (χ1n) is 10.1. The minimum Gasteiger partial charge on any atom is -0.465 e. The first kappa shape index (κ1) is 21.8. The van der Waals surface area contributed by atoms with Gasteiger partial charge in [0.2, 0.25) is 5.91 Å². The number of ether oxygens (including phenoxy) is 1. The van der Waals surface area contributed by atoms with Crippen molar-refractivity contribution in [3.05, 3.63) is 35.4 Å². The molecule has 1 saturated heterocycles.